The van der Waals surface area contributed by atoms with E-state index in [-0.39, 0.29) is 5.82 Å². The Morgan fingerprint density at radius 3 is 2.15 bits per heavy atom. The summed E-state index contributed by atoms with van der Waals surface area (Å²) in [7, 11) is 0. The summed E-state index contributed by atoms with van der Waals surface area (Å²) in [5.74, 6) is -0.248. The van der Waals surface area contributed by atoms with Gasteiger partial charge in [0.05, 0.1) is 17.6 Å². The molecule has 1 N–H and O–H groups in total. The topological polar surface area (TPSA) is 37.8 Å². The van der Waals surface area contributed by atoms with Crippen LogP contribution in [0.25, 0.3) is 11.3 Å². The number of nitrogens with zero attached hydrogens (tertiary/aromatic N) is 2. The van der Waals surface area contributed by atoms with Gasteiger partial charge in [-0.1, -0.05) is 0 Å². The molecule has 0 radical (unpaired) electrons. The Labute approximate surface area is 116 Å². The van der Waals surface area contributed by atoms with Crippen LogP contribution in [0.2, 0.25) is 0 Å². The van der Waals surface area contributed by atoms with Crippen molar-refractivity contribution in [2.75, 3.05) is 5.32 Å². The Balaban J connectivity index is 1.78. The molecule has 0 aliphatic rings. The normalized spacial score (nSPS) is 10.2. The number of pyridine rings is 2. The molecule has 2 aromatic heterocycles. The monoisotopic (exact) mass is 265 g/mol. The van der Waals surface area contributed by atoms with Crippen LogP contribution in [0.1, 0.15) is 0 Å². The molecule has 0 bridgehead atoms. The van der Waals surface area contributed by atoms with Crippen molar-refractivity contribution in [3.8, 4) is 11.3 Å². The molecule has 0 amide bonds. The Morgan fingerprint density at radius 1 is 0.800 bits per heavy atom. The first-order chi connectivity index (χ1) is 9.81. The number of nitrogens with one attached hydrogen (secondary N) is 1. The smallest absolute Gasteiger partial charge is 0.123 e. The lowest BCUT2D eigenvalue weighted by Crippen LogP contribution is -1.92. The van der Waals surface area contributed by atoms with E-state index < -0.39 is 0 Å². The third-order valence-electron chi connectivity index (χ3n) is 2.87. The number of anilines is 2. The first-order valence-electron chi connectivity index (χ1n) is 6.20. The molecule has 3 rings (SSSR count). The maximum absolute atomic E-state index is 12.8. The molecule has 3 aromatic rings. The van der Waals surface area contributed by atoms with Gasteiger partial charge in [-0.15, -0.1) is 0 Å². The average Bonchev–Trinajstić information content (AvgIpc) is 2.51. The zero-order valence-electron chi connectivity index (χ0n) is 10.6. The van der Waals surface area contributed by atoms with Crippen molar-refractivity contribution in [2.24, 2.45) is 0 Å². The van der Waals surface area contributed by atoms with Crippen molar-refractivity contribution in [3.63, 3.8) is 0 Å². The number of hydrogen-bond donors (Lipinski definition) is 1. The minimum atomic E-state index is -0.248. The largest absolute Gasteiger partial charge is 0.354 e. The number of rotatable bonds is 3. The van der Waals surface area contributed by atoms with Gasteiger partial charge in [-0.2, -0.15) is 0 Å². The van der Waals surface area contributed by atoms with E-state index in [0.29, 0.717) is 0 Å². The molecule has 0 fully saturated rings. The Bertz CT molecular complexity index is 679. The van der Waals surface area contributed by atoms with Crippen LogP contribution in [0, 0.1) is 5.82 Å². The standard InChI is InChI=1S/C16H12FN3/c17-13-1-3-14(4-2-13)20-15-5-6-16(19-11-15)12-7-9-18-10-8-12/h1-11,20H. The molecule has 0 aliphatic heterocycles. The predicted octanol–water partition coefficient (Wildman–Crippen LogP) is 4.03. The second kappa shape index (κ2) is 5.48. The van der Waals surface area contributed by atoms with Crippen molar-refractivity contribution >= 4 is 11.4 Å². The fraction of sp³-hybridized carbons (Fsp3) is 0. The van der Waals surface area contributed by atoms with Crippen molar-refractivity contribution in [1.82, 2.24) is 9.97 Å². The number of halogens is 1. The Hall–Kier alpha value is -2.75. The maximum atomic E-state index is 12.8. The summed E-state index contributed by atoms with van der Waals surface area (Å²) in [6.45, 7) is 0. The molecule has 0 unspecified atom stereocenters. The predicted molar refractivity (Wildman–Crippen MR) is 77.2 cm³/mol. The maximum Gasteiger partial charge on any atom is 0.123 e. The fourth-order valence-corrected chi connectivity index (χ4v) is 1.86. The quantitative estimate of drug-likeness (QED) is 0.777. The Kier molecular flexibility index (Phi) is 3.37. The third-order valence-corrected chi connectivity index (χ3v) is 2.87. The molecule has 1 aromatic carbocycles. The summed E-state index contributed by atoms with van der Waals surface area (Å²) < 4.78 is 12.8. The van der Waals surface area contributed by atoms with E-state index in [1.54, 1.807) is 30.7 Å². The zero-order chi connectivity index (χ0) is 13.8. The second-order valence-corrected chi connectivity index (χ2v) is 4.30. The lowest BCUT2D eigenvalue weighted by atomic mass is 10.2. The highest BCUT2D eigenvalue weighted by atomic mass is 19.1. The van der Waals surface area contributed by atoms with Crippen LogP contribution in [-0.4, -0.2) is 9.97 Å². The molecule has 0 atom stereocenters. The van der Waals surface area contributed by atoms with Crippen molar-refractivity contribution < 1.29 is 4.39 Å². The molecule has 0 aliphatic carbocycles. The van der Waals surface area contributed by atoms with E-state index in [1.165, 1.54) is 12.1 Å². The van der Waals surface area contributed by atoms with Crippen LogP contribution in [0.3, 0.4) is 0 Å². The molecule has 20 heavy (non-hydrogen) atoms. The summed E-state index contributed by atoms with van der Waals surface area (Å²) in [5, 5.41) is 3.17. The average molecular weight is 265 g/mol. The van der Waals surface area contributed by atoms with E-state index in [1.807, 2.05) is 24.3 Å². The van der Waals surface area contributed by atoms with Crippen LogP contribution in [0.5, 0.6) is 0 Å². The zero-order valence-corrected chi connectivity index (χ0v) is 10.6. The highest BCUT2D eigenvalue weighted by Crippen LogP contribution is 2.20. The van der Waals surface area contributed by atoms with Crippen LogP contribution >= 0.6 is 0 Å². The number of aromatic nitrogens is 2. The summed E-state index contributed by atoms with van der Waals surface area (Å²) >= 11 is 0. The van der Waals surface area contributed by atoms with E-state index in [2.05, 4.69) is 15.3 Å². The first-order valence-corrected chi connectivity index (χ1v) is 6.20. The molecular formula is C16H12FN3. The van der Waals surface area contributed by atoms with Crippen molar-refractivity contribution in [3.05, 3.63) is 72.9 Å². The van der Waals surface area contributed by atoms with Crippen molar-refractivity contribution in [2.45, 2.75) is 0 Å². The lowest BCUT2D eigenvalue weighted by molar-refractivity contribution is 0.628. The van der Waals surface area contributed by atoms with Crippen LogP contribution < -0.4 is 5.32 Å². The van der Waals surface area contributed by atoms with Gasteiger partial charge in [0.25, 0.3) is 0 Å². The molecule has 2 heterocycles. The molecule has 98 valence electrons. The first kappa shape index (κ1) is 12.3. The van der Waals surface area contributed by atoms with Gasteiger partial charge in [0, 0.05) is 23.6 Å². The highest BCUT2D eigenvalue weighted by molar-refractivity contribution is 5.63. The van der Waals surface area contributed by atoms with Crippen molar-refractivity contribution in [1.29, 1.82) is 0 Å². The summed E-state index contributed by atoms with van der Waals surface area (Å²) in [6, 6.07) is 13.9. The highest BCUT2D eigenvalue weighted by Gasteiger charge is 2.00. The molecular weight excluding hydrogens is 253 g/mol. The molecule has 0 saturated heterocycles. The molecule has 4 heteroatoms. The van der Waals surface area contributed by atoms with Gasteiger partial charge >= 0.3 is 0 Å². The minimum Gasteiger partial charge on any atom is -0.354 e. The van der Waals surface area contributed by atoms with E-state index >= 15 is 0 Å². The third kappa shape index (κ3) is 2.80. The lowest BCUT2D eigenvalue weighted by Gasteiger charge is -2.07. The summed E-state index contributed by atoms with van der Waals surface area (Å²) in [5.41, 5.74) is 3.59. The van der Waals surface area contributed by atoms with Gasteiger partial charge in [-0.05, 0) is 48.5 Å². The number of benzene rings is 1. The minimum absolute atomic E-state index is 0.248. The molecule has 0 spiro atoms. The van der Waals surface area contributed by atoms with Gasteiger partial charge < -0.3 is 5.32 Å². The summed E-state index contributed by atoms with van der Waals surface area (Å²) in [4.78, 5) is 8.38. The van der Waals surface area contributed by atoms with Gasteiger partial charge in [0.1, 0.15) is 5.82 Å². The van der Waals surface area contributed by atoms with Crippen LogP contribution in [0.15, 0.2) is 67.1 Å². The van der Waals surface area contributed by atoms with E-state index in [9.17, 15) is 4.39 Å². The summed E-state index contributed by atoms with van der Waals surface area (Å²) in [6.07, 6.45) is 5.22. The Morgan fingerprint density at radius 2 is 1.50 bits per heavy atom. The number of hydrogen-bond acceptors (Lipinski definition) is 3. The van der Waals surface area contributed by atoms with Gasteiger partial charge in [-0.25, -0.2) is 4.39 Å². The second-order valence-electron chi connectivity index (χ2n) is 4.30. The van der Waals surface area contributed by atoms with E-state index in [0.717, 1.165) is 22.6 Å². The molecule has 3 nitrogen and oxygen atoms in total. The van der Waals surface area contributed by atoms with E-state index in [4.69, 9.17) is 0 Å². The van der Waals surface area contributed by atoms with Crippen LogP contribution in [-0.2, 0) is 0 Å². The fourth-order valence-electron chi connectivity index (χ4n) is 1.86. The van der Waals surface area contributed by atoms with Gasteiger partial charge in [0.15, 0.2) is 0 Å². The SMILES string of the molecule is Fc1ccc(Nc2ccc(-c3ccncc3)nc2)cc1. The molecule has 0 saturated carbocycles. The van der Waals surface area contributed by atoms with Gasteiger partial charge in [0.2, 0.25) is 0 Å². The van der Waals surface area contributed by atoms with Gasteiger partial charge in [-0.3, -0.25) is 9.97 Å². The van der Waals surface area contributed by atoms with Crippen LogP contribution in [0.4, 0.5) is 15.8 Å².